The fourth-order valence-electron chi connectivity index (χ4n) is 0.679. The molecule has 0 spiro atoms. The van der Waals surface area contributed by atoms with Crippen LogP contribution in [0, 0.1) is 0 Å². The summed E-state index contributed by atoms with van der Waals surface area (Å²) in [5.74, 6) is -0.554. The van der Waals surface area contributed by atoms with Crippen molar-refractivity contribution in [2.75, 3.05) is 13.2 Å². The van der Waals surface area contributed by atoms with E-state index in [2.05, 4.69) is 6.58 Å². The van der Waals surface area contributed by atoms with Crippen molar-refractivity contribution in [1.82, 2.24) is 0 Å². The van der Waals surface area contributed by atoms with E-state index in [1.165, 1.54) is 0 Å². The summed E-state index contributed by atoms with van der Waals surface area (Å²) in [4.78, 5) is 10.8. The standard InChI is InChI=1S/C10H18O4/c1-5-9(12)14-8(6-11)7-13-10(2,3)4/h5,8,11H,1,6-7H2,2-4H3. The molecule has 0 aromatic heterocycles. The van der Waals surface area contributed by atoms with Crippen molar-refractivity contribution in [1.29, 1.82) is 0 Å². The Morgan fingerprint density at radius 2 is 2.14 bits per heavy atom. The van der Waals surface area contributed by atoms with Crippen LogP contribution in [0.25, 0.3) is 0 Å². The second-order valence-corrected chi connectivity index (χ2v) is 3.87. The van der Waals surface area contributed by atoms with Crippen LogP contribution in [0.5, 0.6) is 0 Å². The molecule has 1 atom stereocenters. The van der Waals surface area contributed by atoms with E-state index in [1.807, 2.05) is 20.8 Å². The van der Waals surface area contributed by atoms with Gasteiger partial charge in [-0.1, -0.05) is 6.58 Å². The first-order chi connectivity index (χ1) is 6.39. The van der Waals surface area contributed by atoms with E-state index < -0.39 is 12.1 Å². The molecule has 0 bridgehead atoms. The molecule has 0 aliphatic heterocycles. The van der Waals surface area contributed by atoms with Gasteiger partial charge in [0, 0.05) is 6.08 Å². The minimum Gasteiger partial charge on any atom is -0.454 e. The van der Waals surface area contributed by atoms with Gasteiger partial charge < -0.3 is 14.6 Å². The molecule has 0 aliphatic carbocycles. The van der Waals surface area contributed by atoms with Crippen LogP contribution in [0.1, 0.15) is 20.8 Å². The Bertz CT molecular complexity index is 193. The number of aliphatic hydroxyl groups is 1. The zero-order valence-electron chi connectivity index (χ0n) is 8.95. The maximum absolute atomic E-state index is 10.8. The van der Waals surface area contributed by atoms with E-state index in [1.54, 1.807) is 0 Å². The Kier molecular flexibility index (Phi) is 5.42. The molecule has 0 saturated heterocycles. The summed E-state index contributed by atoms with van der Waals surface area (Å²) < 4.78 is 10.2. The second kappa shape index (κ2) is 5.78. The minimum absolute atomic E-state index is 0.180. The number of carbonyl (C=O) groups excluding carboxylic acids is 1. The van der Waals surface area contributed by atoms with Gasteiger partial charge >= 0.3 is 5.97 Å². The normalized spacial score (nSPS) is 13.4. The molecule has 0 saturated carbocycles. The van der Waals surface area contributed by atoms with Gasteiger partial charge in [-0.3, -0.25) is 0 Å². The quantitative estimate of drug-likeness (QED) is 0.531. The minimum atomic E-state index is -0.625. The molecule has 0 aromatic carbocycles. The van der Waals surface area contributed by atoms with E-state index >= 15 is 0 Å². The highest BCUT2D eigenvalue weighted by molar-refractivity contribution is 5.81. The van der Waals surface area contributed by atoms with Crippen LogP contribution in [0.2, 0.25) is 0 Å². The van der Waals surface area contributed by atoms with Gasteiger partial charge in [-0.15, -0.1) is 0 Å². The third-order valence-electron chi connectivity index (χ3n) is 1.36. The van der Waals surface area contributed by atoms with Crippen molar-refractivity contribution in [3.8, 4) is 0 Å². The van der Waals surface area contributed by atoms with Crippen LogP contribution in [0.15, 0.2) is 12.7 Å². The maximum atomic E-state index is 10.8. The van der Waals surface area contributed by atoms with E-state index in [-0.39, 0.29) is 18.8 Å². The molecule has 4 heteroatoms. The molecule has 0 amide bonds. The molecule has 0 rings (SSSR count). The van der Waals surface area contributed by atoms with Gasteiger partial charge in [-0.25, -0.2) is 4.79 Å². The Balaban J connectivity index is 3.91. The van der Waals surface area contributed by atoms with E-state index in [4.69, 9.17) is 14.6 Å². The third-order valence-corrected chi connectivity index (χ3v) is 1.36. The van der Waals surface area contributed by atoms with Crippen LogP contribution < -0.4 is 0 Å². The monoisotopic (exact) mass is 202 g/mol. The number of esters is 1. The summed E-state index contributed by atoms with van der Waals surface area (Å²) >= 11 is 0. The van der Waals surface area contributed by atoms with Crippen molar-refractivity contribution in [3.63, 3.8) is 0 Å². The van der Waals surface area contributed by atoms with Crippen molar-refractivity contribution < 1.29 is 19.4 Å². The highest BCUT2D eigenvalue weighted by atomic mass is 16.6. The molecule has 1 N–H and O–H groups in total. The molecule has 0 fully saturated rings. The number of hydrogen-bond acceptors (Lipinski definition) is 4. The van der Waals surface area contributed by atoms with Crippen molar-refractivity contribution in [2.45, 2.75) is 32.5 Å². The van der Waals surface area contributed by atoms with Gasteiger partial charge in [0.15, 0.2) is 0 Å². The Hall–Kier alpha value is -0.870. The predicted octanol–water partition coefficient (Wildman–Crippen LogP) is 0.892. The Labute approximate surface area is 84.5 Å². The lowest BCUT2D eigenvalue weighted by Gasteiger charge is -2.23. The van der Waals surface area contributed by atoms with Crippen LogP contribution in [0.4, 0.5) is 0 Å². The summed E-state index contributed by atoms with van der Waals surface area (Å²) in [6, 6.07) is 0. The van der Waals surface area contributed by atoms with Crippen LogP contribution >= 0.6 is 0 Å². The van der Waals surface area contributed by atoms with Crippen molar-refractivity contribution in [2.24, 2.45) is 0 Å². The molecule has 4 nitrogen and oxygen atoms in total. The maximum Gasteiger partial charge on any atom is 0.330 e. The van der Waals surface area contributed by atoms with Crippen LogP contribution in [0.3, 0.4) is 0 Å². The molecular weight excluding hydrogens is 184 g/mol. The Morgan fingerprint density at radius 1 is 1.57 bits per heavy atom. The van der Waals surface area contributed by atoms with Gasteiger partial charge in [0.25, 0.3) is 0 Å². The smallest absolute Gasteiger partial charge is 0.330 e. The summed E-state index contributed by atoms with van der Waals surface area (Å²) in [6.07, 6.45) is 0.430. The predicted molar refractivity (Wildman–Crippen MR) is 52.9 cm³/mol. The molecule has 1 unspecified atom stereocenters. The largest absolute Gasteiger partial charge is 0.454 e. The van der Waals surface area contributed by atoms with Gasteiger partial charge in [-0.2, -0.15) is 0 Å². The molecule has 0 heterocycles. The lowest BCUT2D eigenvalue weighted by atomic mass is 10.2. The van der Waals surface area contributed by atoms with E-state index in [0.29, 0.717) is 0 Å². The van der Waals surface area contributed by atoms with Gasteiger partial charge in [-0.05, 0) is 20.8 Å². The molecule has 0 aliphatic rings. The van der Waals surface area contributed by atoms with Gasteiger partial charge in [0.1, 0.15) is 6.10 Å². The van der Waals surface area contributed by atoms with E-state index in [0.717, 1.165) is 6.08 Å². The van der Waals surface area contributed by atoms with Crippen LogP contribution in [-0.2, 0) is 14.3 Å². The zero-order chi connectivity index (χ0) is 11.2. The van der Waals surface area contributed by atoms with E-state index in [9.17, 15) is 4.79 Å². The highest BCUT2D eigenvalue weighted by Crippen LogP contribution is 2.08. The number of hydrogen-bond donors (Lipinski definition) is 1. The average Bonchev–Trinajstić information content (AvgIpc) is 2.10. The first-order valence-corrected chi connectivity index (χ1v) is 4.47. The topological polar surface area (TPSA) is 55.8 Å². The number of aliphatic hydroxyl groups excluding tert-OH is 1. The molecule has 14 heavy (non-hydrogen) atoms. The first-order valence-electron chi connectivity index (χ1n) is 4.47. The van der Waals surface area contributed by atoms with Gasteiger partial charge in [0.05, 0.1) is 18.8 Å². The summed E-state index contributed by atoms with van der Waals surface area (Å²) in [6.45, 7) is 8.84. The molecule has 0 aromatic rings. The summed E-state index contributed by atoms with van der Waals surface area (Å²) in [5, 5.41) is 8.88. The number of ether oxygens (including phenoxy) is 2. The van der Waals surface area contributed by atoms with Crippen molar-refractivity contribution in [3.05, 3.63) is 12.7 Å². The second-order valence-electron chi connectivity index (χ2n) is 3.87. The summed E-state index contributed by atoms with van der Waals surface area (Å²) in [7, 11) is 0. The lowest BCUT2D eigenvalue weighted by Crippen LogP contribution is -2.31. The molecular formula is C10H18O4. The molecule has 82 valence electrons. The molecule has 0 radical (unpaired) electrons. The van der Waals surface area contributed by atoms with Gasteiger partial charge in [0.2, 0.25) is 0 Å². The Morgan fingerprint density at radius 3 is 2.50 bits per heavy atom. The van der Waals surface area contributed by atoms with Crippen molar-refractivity contribution >= 4 is 5.97 Å². The third kappa shape index (κ3) is 6.62. The van der Waals surface area contributed by atoms with Crippen LogP contribution in [-0.4, -0.2) is 36.0 Å². The fourth-order valence-corrected chi connectivity index (χ4v) is 0.679. The summed E-state index contributed by atoms with van der Waals surface area (Å²) in [5.41, 5.74) is -0.312. The number of rotatable bonds is 5. The first kappa shape index (κ1) is 13.1. The number of carbonyl (C=O) groups is 1. The highest BCUT2D eigenvalue weighted by Gasteiger charge is 2.17. The fraction of sp³-hybridized carbons (Fsp3) is 0.700. The SMILES string of the molecule is C=CC(=O)OC(CO)COC(C)(C)C. The average molecular weight is 202 g/mol. The zero-order valence-corrected chi connectivity index (χ0v) is 8.95. The lowest BCUT2D eigenvalue weighted by molar-refractivity contribution is -0.152.